The van der Waals surface area contributed by atoms with Crippen molar-refractivity contribution in [2.45, 2.75) is 39.5 Å². The van der Waals surface area contributed by atoms with Crippen molar-refractivity contribution in [1.29, 1.82) is 0 Å². The molecule has 0 aromatic heterocycles. The van der Waals surface area contributed by atoms with Gasteiger partial charge in [-0.05, 0) is 66.4 Å². The van der Waals surface area contributed by atoms with E-state index in [1.807, 2.05) is 6.07 Å². The van der Waals surface area contributed by atoms with Gasteiger partial charge in [0.1, 0.15) is 5.82 Å². The molecule has 3 rings (SSSR count). The molecule has 0 amide bonds. The Bertz CT molecular complexity index is 482. The molecule has 2 aliphatic carbocycles. The molecule has 0 N–H and O–H groups in total. The summed E-state index contributed by atoms with van der Waals surface area (Å²) in [5.41, 5.74) is 5.57. The molecule has 1 unspecified atom stereocenters. The molecule has 1 heteroatoms. The number of fused-ring (bicyclic) bond motifs is 2. The quantitative estimate of drug-likeness (QED) is 0.662. The van der Waals surface area contributed by atoms with Crippen LogP contribution in [0.25, 0.3) is 5.57 Å². The summed E-state index contributed by atoms with van der Waals surface area (Å²) in [6, 6.07) is 5.30. The predicted octanol–water partition coefficient (Wildman–Crippen LogP) is 4.59. The number of hydrogen-bond donors (Lipinski definition) is 0. The lowest BCUT2D eigenvalue weighted by Crippen LogP contribution is -2.13. The summed E-state index contributed by atoms with van der Waals surface area (Å²) < 4.78 is 13.4. The summed E-state index contributed by atoms with van der Waals surface area (Å²) in [6.07, 6.45) is 4.75. The molecular weight excluding hydrogens is 211 g/mol. The molecule has 1 atom stereocenters. The van der Waals surface area contributed by atoms with Crippen LogP contribution in [0.1, 0.15) is 44.2 Å². The van der Waals surface area contributed by atoms with Crippen molar-refractivity contribution in [3.8, 4) is 0 Å². The fraction of sp³-hybridized carbons (Fsp3) is 0.500. The van der Waals surface area contributed by atoms with E-state index in [1.54, 1.807) is 17.7 Å². The van der Waals surface area contributed by atoms with Gasteiger partial charge in [0, 0.05) is 0 Å². The van der Waals surface area contributed by atoms with Gasteiger partial charge in [0.25, 0.3) is 0 Å². The van der Waals surface area contributed by atoms with Crippen molar-refractivity contribution in [2.75, 3.05) is 0 Å². The van der Waals surface area contributed by atoms with Gasteiger partial charge in [-0.1, -0.05) is 25.5 Å². The first kappa shape index (κ1) is 11.0. The van der Waals surface area contributed by atoms with Crippen molar-refractivity contribution < 1.29 is 4.39 Å². The van der Waals surface area contributed by atoms with Gasteiger partial charge in [0.2, 0.25) is 0 Å². The summed E-state index contributed by atoms with van der Waals surface area (Å²) in [6.45, 7) is 4.61. The van der Waals surface area contributed by atoms with Gasteiger partial charge in [-0.2, -0.15) is 0 Å². The molecular formula is C16H19F. The third-order valence-corrected chi connectivity index (χ3v) is 4.45. The number of hydrogen-bond acceptors (Lipinski definition) is 0. The zero-order valence-corrected chi connectivity index (χ0v) is 10.6. The van der Waals surface area contributed by atoms with Crippen LogP contribution in [0.15, 0.2) is 23.8 Å². The average Bonchev–Trinajstić information content (AvgIpc) is 2.66. The SMILES string of the molecule is CC(C)C1CCC2=C(C1)c1cc(F)ccc1C2. The number of halogens is 1. The molecule has 0 saturated carbocycles. The van der Waals surface area contributed by atoms with E-state index in [-0.39, 0.29) is 5.82 Å². The lowest BCUT2D eigenvalue weighted by atomic mass is 9.78. The van der Waals surface area contributed by atoms with Gasteiger partial charge < -0.3 is 0 Å². The fourth-order valence-electron chi connectivity index (χ4n) is 3.30. The third-order valence-electron chi connectivity index (χ3n) is 4.45. The Labute approximate surface area is 103 Å². The smallest absolute Gasteiger partial charge is 0.123 e. The molecule has 0 fully saturated rings. The summed E-state index contributed by atoms with van der Waals surface area (Å²) >= 11 is 0. The molecule has 0 bridgehead atoms. The van der Waals surface area contributed by atoms with Crippen molar-refractivity contribution in [1.82, 2.24) is 0 Å². The Hall–Kier alpha value is -1.11. The van der Waals surface area contributed by atoms with Gasteiger partial charge in [-0.25, -0.2) is 4.39 Å². The van der Waals surface area contributed by atoms with Crippen LogP contribution < -0.4 is 0 Å². The minimum atomic E-state index is -0.0934. The minimum Gasteiger partial charge on any atom is -0.207 e. The molecule has 0 aliphatic heterocycles. The second-order valence-corrected chi connectivity index (χ2v) is 5.81. The molecule has 2 aliphatic rings. The first-order chi connectivity index (χ1) is 8.15. The molecule has 0 nitrogen and oxygen atoms in total. The highest BCUT2D eigenvalue weighted by Gasteiger charge is 2.29. The fourth-order valence-corrected chi connectivity index (χ4v) is 3.30. The molecule has 0 heterocycles. The Morgan fingerprint density at radius 1 is 1.29 bits per heavy atom. The predicted molar refractivity (Wildman–Crippen MR) is 69.2 cm³/mol. The van der Waals surface area contributed by atoms with E-state index in [2.05, 4.69) is 13.8 Å². The van der Waals surface area contributed by atoms with Gasteiger partial charge in [0.15, 0.2) is 0 Å². The highest BCUT2D eigenvalue weighted by molar-refractivity contribution is 5.77. The van der Waals surface area contributed by atoms with E-state index in [4.69, 9.17) is 0 Å². The van der Waals surface area contributed by atoms with Gasteiger partial charge in [-0.3, -0.25) is 0 Å². The maximum atomic E-state index is 13.4. The lowest BCUT2D eigenvalue weighted by Gasteiger charge is -2.27. The van der Waals surface area contributed by atoms with Crippen LogP contribution in [0.3, 0.4) is 0 Å². The number of allylic oxidation sites excluding steroid dienone is 2. The molecule has 0 spiro atoms. The van der Waals surface area contributed by atoms with E-state index in [0.717, 1.165) is 24.7 Å². The van der Waals surface area contributed by atoms with Crippen molar-refractivity contribution >= 4 is 5.57 Å². The van der Waals surface area contributed by atoms with Crippen LogP contribution in [-0.4, -0.2) is 0 Å². The van der Waals surface area contributed by atoms with Crippen LogP contribution in [0.5, 0.6) is 0 Å². The standard InChI is InChI=1S/C16H19F/c1-10(2)11-3-4-12-7-13-5-6-14(17)9-16(13)15(12)8-11/h5-6,9-11H,3-4,7-8H2,1-2H3. The number of rotatable bonds is 1. The molecule has 1 aromatic rings. The van der Waals surface area contributed by atoms with Crippen molar-refractivity contribution in [2.24, 2.45) is 11.8 Å². The zero-order chi connectivity index (χ0) is 12.0. The summed E-state index contributed by atoms with van der Waals surface area (Å²) in [5.74, 6) is 1.42. The van der Waals surface area contributed by atoms with Gasteiger partial charge in [-0.15, -0.1) is 0 Å². The molecule has 0 saturated heterocycles. The Kier molecular flexibility index (Phi) is 2.57. The topological polar surface area (TPSA) is 0 Å². The van der Waals surface area contributed by atoms with E-state index < -0.39 is 0 Å². The van der Waals surface area contributed by atoms with Crippen LogP contribution in [0, 0.1) is 17.7 Å². The Balaban J connectivity index is 1.97. The second kappa shape index (κ2) is 3.97. The first-order valence-electron chi connectivity index (χ1n) is 6.65. The van der Waals surface area contributed by atoms with Crippen molar-refractivity contribution in [3.05, 3.63) is 40.7 Å². The Morgan fingerprint density at radius 3 is 2.88 bits per heavy atom. The normalized spacial score (nSPS) is 22.9. The van der Waals surface area contributed by atoms with Crippen LogP contribution in [0.2, 0.25) is 0 Å². The third kappa shape index (κ3) is 1.82. The Morgan fingerprint density at radius 2 is 2.12 bits per heavy atom. The number of benzene rings is 1. The molecule has 1 aromatic carbocycles. The van der Waals surface area contributed by atoms with E-state index >= 15 is 0 Å². The van der Waals surface area contributed by atoms with E-state index in [0.29, 0.717) is 0 Å². The summed E-state index contributed by atoms with van der Waals surface area (Å²) in [5, 5.41) is 0. The van der Waals surface area contributed by atoms with Crippen LogP contribution >= 0.6 is 0 Å². The maximum absolute atomic E-state index is 13.4. The van der Waals surface area contributed by atoms with Gasteiger partial charge in [0.05, 0.1) is 0 Å². The maximum Gasteiger partial charge on any atom is 0.123 e. The second-order valence-electron chi connectivity index (χ2n) is 5.81. The monoisotopic (exact) mass is 230 g/mol. The molecule has 90 valence electrons. The van der Waals surface area contributed by atoms with E-state index in [1.165, 1.54) is 29.5 Å². The summed E-state index contributed by atoms with van der Waals surface area (Å²) in [7, 11) is 0. The van der Waals surface area contributed by atoms with Crippen LogP contribution in [-0.2, 0) is 6.42 Å². The highest BCUT2D eigenvalue weighted by Crippen LogP contribution is 2.45. The minimum absolute atomic E-state index is 0.0934. The van der Waals surface area contributed by atoms with Crippen molar-refractivity contribution in [3.63, 3.8) is 0 Å². The molecule has 17 heavy (non-hydrogen) atoms. The zero-order valence-electron chi connectivity index (χ0n) is 10.6. The molecule has 0 radical (unpaired) electrons. The largest absolute Gasteiger partial charge is 0.207 e. The van der Waals surface area contributed by atoms with Crippen LogP contribution in [0.4, 0.5) is 4.39 Å². The first-order valence-corrected chi connectivity index (χ1v) is 6.65. The highest BCUT2D eigenvalue weighted by atomic mass is 19.1. The lowest BCUT2D eigenvalue weighted by molar-refractivity contribution is 0.357. The average molecular weight is 230 g/mol. The summed E-state index contributed by atoms with van der Waals surface area (Å²) in [4.78, 5) is 0. The van der Waals surface area contributed by atoms with E-state index in [9.17, 15) is 4.39 Å². The van der Waals surface area contributed by atoms with Gasteiger partial charge >= 0.3 is 0 Å².